The van der Waals surface area contributed by atoms with Gasteiger partial charge >= 0.3 is 0 Å². The molecule has 0 aliphatic carbocycles. The highest BCUT2D eigenvalue weighted by molar-refractivity contribution is 5.94. The molecule has 1 atom stereocenters. The molecular formula is C16H15F2NO. The SMILES string of the molecule is CC(CNC(=O)c1ccc(F)cc1)c1ccc(F)cc1. The number of halogens is 2. The minimum Gasteiger partial charge on any atom is -0.351 e. The molecule has 0 bridgehead atoms. The van der Waals surface area contributed by atoms with Crippen LogP contribution < -0.4 is 5.32 Å². The fourth-order valence-corrected chi connectivity index (χ4v) is 1.86. The van der Waals surface area contributed by atoms with Gasteiger partial charge in [0.25, 0.3) is 5.91 Å². The molecule has 0 aromatic heterocycles. The normalized spacial score (nSPS) is 11.9. The number of carbonyl (C=O) groups excluding carboxylic acids is 1. The Morgan fingerprint density at radius 2 is 1.50 bits per heavy atom. The van der Waals surface area contributed by atoms with E-state index in [0.717, 1.165) is 5.56 Å². The Labute approximate surface area is 116 Å². The summed E-state index contributed by atoms with van der Waals surface area (Å²) in [5.74, 6) is -0.837. The largest absolute Gasteiger partial charge is 0.351 e. The molecule has 1 amide bonds. The van der Waals surface area contributed by atoms with Gasteiger partial charge in [-0.3, -0.25) is 4.79 Å². The van der Waals surface area contributed by atoms with E-state index >= 15 is 0 Å². The Kier molecular flexibility index (Phi) is 4.45. The molecule has 4 heteroatoms. The van der Waals surface area contributed by atoms with Crippen molar-refractivity contribution in [3.8, 4) is 0 Å². The van der Waals surface area contributed by atoms with Crippen molar-refractivity contribution >= 4 is 5.91 Å². The lowest BCUT2D eigenvalue weighted by Crippen LogP contribution is -2.27. The summed E-state index contributed by atoms with van der Waals surface area (Å²) in [6.07, 6.45) is 0. The van der Waals surface area contributed by atoms with Crippen LogP contribution in [0.2, 0.25) is 0 Å². The summed E-state index contributed by atoms with van der Waals surface area (Å²) in [4.78, 5) is 11.9. The van der Waals surface area contributed by atoms with Crippen molar-refractivity contribution in [2.45, 2.75) is 12.8 Å². The third-order valence-electron chi connectivity index (χ3n) is 3.11. The molecule has 0 heterocycles. The maximum absolute atomic E-state index is 12.8. The van der Waals surface area contributed by atoms with E-state index in [0.29, 0.717) is 12.1 Å². The van der Waals surface area contributed by atoms with Crippen LogP contribution in [-0.4, -0.2) is 12.5 Å². The summed E-state index contributed by atoms with van der Waals surface area (Å²) in [5, 5.41) is 2.78. The summed E-state index contributed by atoms with van der Waals surface area (Å²) in [6, 6.07) is 11.6. The first-order valence-electron chi connectivity index (χ1n) is 6.35. The molecule has 2 nitrogen and oxygen atoms in total. The lowest BCUT2D eigenvalue weighted by molar-refractivity contribution is 0.0951. The summed E-state index contributed by atoms with van der Waals surface area (Å²) < 4.78 is 25.6. The van der Waals surface area contributed by atoms with Crippen LogP contribution in [0.3, 0.4) is 0 Å². The molecule has 0 saturated heterocycles. The van der Waals surface area contributed by atoms with Gasteiger partial charge in [0.05, 0.1) is 0 Å². The van der Waals surface area contributed by atoms with Gasteiger partial charge in [-0.15, -0.1) is 0 Å². The quantitative estimate of drug-likeness (QED) is 0.909. The predicted octanol–water partition coefficient (Wildman–Crippen LogP) is 3.50. The number of rotatable bonds is 4. The fraction of sp³-hybridized carbons (Fsp3) is 0.188. The van der Waals surface area contributed by atoms with Gasteiger partial charge in [-0.25, -0.2) is 8.78 Å². The van der Waals surface area contributed by atoms with E-state index in [2.05, 4.69) is 5.32 Å². The number of hydrogen-bond acceptors (Lipinski definition) is 1. The zero-order valence-corrected chi connectivity index (χ0v) is 11.1. The first kappa shape index (κ1) is 14.2. The third kappa shape index (κ3) is 3.63. The van der Waals surface area contributed by atoms with Crippen molar-refractivity contribution in [1.82, 2.24) is 5.32 Å². The molecule has 20 heavy (non-hydrogen) atoms. The first-order valence-corrected chi connectivity index (χ1v) is 6.35. The van der Waals surface area contributed by atoms with E-state index in [9.17, 15) is 13.6 Å². The minimum atomic E-state index is -0.374. The Balaban J connectivity index is 1.92. The van der Waals surface area contributed by atoms with Crippen LogP contribution in [0.15, 0.2) is 48.5 Å². The molecule has 1 unspecified atom stereocenters. The van der Waals surface area contributed by atoms with Gasteiger partial charge in [0.1, 0.15) is 11.6 Å². The molecule has 0 spiro atoms. The number of carbonyl (C=O) groups is 1. The van der Waals surface area contributed by atoms with Crippen LogP contribution in [-0.2, 0) is 0 Å². The Morgan fingerprint density at radius 1 is 1.00 bits per heavy atom. The lowest BCUT2D eigenvalue weighted by atomic mass is 10.0. The average molecular weight is 275 g/mol. The Bertz CT molecular complexity index is 578. The van der Waals surface area contributed by atoms with Crippen molar-refractivity contribution < 1.29 is 13.6 Å². The summed E-state index contributed by atoms with van der Waals surface area (Å²) in [5.41, 5.74) is 1.36. The van der Waals surface area contributed by atoms with Crippen LogP contribution in [0.4, 0.5) is 8.78 Å². The van der Waals surface area contributed by atoms with Crippen LogP contribution >= 0.6 is 0 Å². The van der Waals surface area contributed by atoms with E-state index in [-0.39, 0.29) is 23.5 Å². The zero-order chi connectivity index (χ0) is 14.5. The molecule has 0 aliphatic heterocycles. The maximum Gasteiger partial charge on any atom is 0.251 e. The Hall–Kier alpha value is -2.23. The van der Waals surface area contributed by atoms with Gasteiger partial charge in [0.2, 0.25) is 0 Å². The number of nitrogens with one attached hydrogen (secondary N) is 1. The van der Waals surface area contributed by atoms with Crippen molar-refractivity contribution in [3.63, 3.8) is 0 Å². The highest BCUT2D eigenvalue weighted by Gasteiger charge is 2.09. The second kappa shape index (κ2) is 6.28. The first-order chi connectivity index (χ1) is 9.56. The van der Waals surface area contributed by atoms with Crippen molar-refractivity contribution in [2.75, 3.05) is 6.54 Å². The smallest absolute Gasteiger partial charge is 0.251 e. The standard InChI is InChI=1S/C16H15F2NO/c1-11(12-2-6-14(17)7-3-12)10-19-16(20)13-4-8-15(18)9-5-13/h2-9,11H,10H2,1H3,(H,19,20). The molecule has 2 aromatic rings. The van der Waals surface area contributed by atoms with E-state index in [4.69, 9.17) is 0 Å². The highest BCUT2D eigenvalue weighted by atomic mass is 19.1. The summed E-state index contributed by atoms with van der Waals surface area (Å²) >= 11 is 0. The third-order valence-corrected chi connectivity index (χ3v) is 3.11. The molecular weight excluding hydrogens is 260 g/mol. The predicted molar refractivity (Wildman–Crippen MR) is 73.5 cm³/mol. The Morgan fingerprint density at radius 3 is 2.05 bits per heavy atom. The van der Waals surface area contributed by atoms with Gasteiger partial charge in [0.15, 0.2) is 0 Å². The van der Waals surface area contributed by atoms with Crippen LogP contribution in [0.1, 0.15) is 28.8 Å². The monoisotopic (exact) mass is 275 g/mol. The molecule has 2 aromatic carbocycles. The number of amides is 1. The molecule has 1 N–H and O–H groups in total. The lowest BCUT2D eigenvalue weighted by Gasteiger charge is -2.13. The van der Waals surface area contributed by atoms with E-state index in [1.54, 1.807) is 12.1 Å². The molecule has 104 valence electrons. The number of benzene rings is 2. The van der Waals surface area contributed by atoms with Crippen molar-refractivity contribution in [3.05, 3.63) is 71.3 Å². The maximum atomic E-state index is 12.8. The summed E-state index contributed by atoms with van der Waals surface area (Å²) in [7, 11) is 0. The molecule has 0 aliphatic rings. The van der Waals surface area contributed by atoms with E-state index < -0.39 is 0 Å². The van der Waals surface area contributed by atoms with Gasteiger partial charge in [-0.1, -0.05) is 19.1 Å². The second-order valence-electron chi connectivity index (χ2n) is 4.67. The van der Waals surface area contributed by atoms with E-state index in [1.165, 1.54) is 36.4 Å². The van der Waals surface area contributed by atoms with Gasteiger partial charge in [-0.2, -0.15) is 0 Å². The highest BCUT2D eigenvalue weighted by Crippen LogP contribution is 2.14. The zero-order valence-electron chi connectivity index (χ0n) is 11.1. The van der Waals surface area contributed by atoms with Gasteiger partial charge in [0, 0.05) is 12.1 Å². The summed E-state index contributed by atoms with van der Waals surface area (Å²) in [6.45, 7) is 2.38. The van der Waals surface area contributed by atoms with E-state index in [1.807, 2.05) is 6.92 Å². The van der Waals surface area contributed by atoms with Crippen LogP contribution in [0, 0.1) is 11.6 Å². The van der Waals surface area contributed by atoms with Gasteiger partial charge in [-0.05, 0) is 47.9 Å². The molecule has 2 rings (SSSR count). The van der Waals surface area contributed by atoms with Crippen LogP contribution in [0.25, 0.3) is 0 Å². The van der Waals surface area contributed by atoms with Crippen molar-refractivity contribution in [2.24, 2.45) is 0 Å². The molecule has 0 fully saturated rings. The minimum absolute atomic E-state index is 0.0694. The topological polar surface area (TPSA) is 29.1 Å². The van der Waals surface area contributed by atoms with Crippen LogP contribution in [0.5, 0.6) is 0 Å². The molecule has 0 saturated carbocycles. The second-order valence-corrected chi connectivity index (χ2v) is 4.67. The molecule has 0 radical (unpaired) electrons. The fourth-order valence-electron chi connectivity index (χ4n) is 1.86. The average Bonchev–Trinajstić information content (AvgIpc) is 2.46. The van der Waals surface area contributed by atoms with Gasteiger partial charge < -0.3 is 5.32 Å². The number of hydrogen-bond donors (Lipinski definition) is 1. The van der Waals surface area contributed by atoms with Crippen molar-refractivity contribution in [1.29, 1.82) is 0 Å².